The van der Waals surface area contributed by atoms with Gasteiger partial charge in [-0.25, -0.2) is 0 Å². The van der Waals surface area contributed by atoms with Crippen molar-refractivity contribution < 1.29 is 9.47 Å². The molecule has 1 saturated heterocycles. The van der Waals surface area contributed by atoms with E-state index in [1.807, 2.05) is 12.1 Å². The molecule has 0 unspecified atom stereocenters. The van der Waals surface area contributed by atoms with E-state index >= 15 is 0 Å². The summed E-state index contributed by atoms with van der Waals surface area (Å²) in [5.41, 5.74) is 1.54. The summed E-state index contributed by atoms with van der Waals surface area (Å²) >= 11 is 0. The minimum atomic E-state index is 0.173. The van der Waals surface area contributed by atoms with E-state index in [1.165, 1.54) is 5.56 Å². The van der Waals surface area contributed by atoms with Crippen molar-refractivity contribution >= 4 is 0 Å². The Bertz CT molecular complexity index is 336. The van der Waals surface area contributed by atoms with Crippen LogP contribution in [0, 0.1) is 0 Å². The van der Waals surface area contributed by atoms with Crippen molar-refractivity contribution in [2.75, 3.05) is 33.9 Å². The zero-order valence-corrected chi connectivity index (χ0v) is 10.7. The molecule has 17 heavy (non-hydrogen) atoms. The summed E-state index contributed by atoms with van der Waals surface area (Å²) in [6.45, 7) is 2.92. The number of nitrogens with one attached hydrogen (secondary N) is 1. The van der Waals surface area contributed by atoms with Gasteiger partial charge in [-0.15, -0.1) is 0 Å². The number of piperidine rings is 1. The minimum absolute atomic E-state index is 0.173. The molecule has 0 radical (unpaired) electrons. The predicted octanol–water partition coefficient (Wildman–Crippen LogP) is 1.96. The molecule has 1 N–H and O–H groups in total. The molecule has 0 saturated carbocycles. The Balaban J connectivity index is 2.24. The lowest BCUT2D eigenvalue weighted by Crippen LogP contribution is -2.42. The van der Waals surface area contributed by atoms with Crippen LogP contribution in [0.4, 0.5) is 0 Å². The van der Waals surface area contributed by atoms with Crippen LogP contribution < -0.4 is 10.1 Å². The number of methoxy groups -OCH3 is 2. The molecule has 2 rings (SSSR count). The lowest BCUT2D eigenvalue weighted by Gasteiger charge is -2.37. The molecule has 1 fully saturated rings. The predicted molar refractivity (Wildman–Crippen MR) is 68.7 cm³/mol. The molecule has 1 aliphatic heterocycles. The molecule has 0 aromatic heterocycles. The first-order chi connectivity index (χ1) is 8.30. The van der Waals surface area contributed by atoms with Crippen molar-refractivity contribution in [3.8, 4) is 5.75 Å². The smallest absolute Gasteiger partial charge is 0.118 e. The van der Waals surface area contributed by atoms with E-state index in [9.17, 15) is 0 Å². The molecular formula is C14H21NO2. The van der Waals surface area contributed by atoms with E-state index in [1.54, 1.807) is 14.2 Å². The Morgan fingerprint density at radius 1 is 1.12 bits per heavy atom. The average molecular weight is 235 g/mol. The fourth-order valence-electron chi connectivity index (χ4n) is 2.64. The van der Waals surface area contributed by atoms with Gasteiger partial charge in [-0.1, -0.05) is 12.1 Å². The zero-order valence-electron chi connectivity index (χ0n) is 10.7. The van der Waals surface area contributed by atoms with E-state index in [4.69, 9.17) is 9.47 Å². The van der Waals surface area contributed by atoms with Crippen LogP contribution in [0.1, 0.15) is 18.4 Å². The van der Waals surface area contributed by atoms with Crippen molar-refractivity contribution in [1.29, 1.82) is 0 Å². The van der Waals surface area contributed by atoms with Gasteiger partial charge in [0.1, 0.15) is 5.75 Å². The third-order valence-corrected chi connectivity index (χ3v) is 3.68. The second kappa shape index (κ2) is 5.52. The van der Waals surface area contributed by atoms with Crippen LogP contribution in [0.5, 0.6) is 5.75 Å². The molecule has 0 amide bonds. The largest absolute Gasteiger partial charge is 0.497 e. The monoisotopic (exact) mass is 235 g/mol. The molecule has 3 heteroatoms. The Labute approximate surface area is 103 Å². The molecule has 0 atom stereocenters. The van der Waals surface area contributed by atoms with Gasteiger partial charge >= 0.3 is 0 Å². The number of ether oxygens (including phenoxy) is 2. The van der Waals surface area contributed by atoms with Crippen molar-refractivity contribution in [2.45, 2.75) is 18.3 Å². The van der Waals surface area contributed by atoms with Crippen molar-refractivity contribution in [3.05, 3.63) is 29.8 Å². The van der Waals surface area contributed by atoms with Gasteiger partial charge in [0.15, 0.2) is 0 Å². The second-order valence-corrected chi connectivity index (χ2v) is 4.69. The normalized spacial score (nSPS) is 18.9. The van der Waals surface area contributed by atoms with Gasteiger partial charge in [0.05, 0.1) is 13.7 Å². The molecule has 0 aliphatic carbocycles. The van der Waals surface area contributed by atoms with Gasteiger partial charge in [-0.05, 0) is 43.6 Å². The van der Waals surface area contributed by atoms with Crippen LogP contribution in [-0.4, -0.2) is 33.9 Å². The van der Waals surface area contributed by atoms with Crippen LogP contribution in [0.2, 0.25) is 0 Å². The van der Waals surface area contributed by atoms with Gasteiger partial charge in [-0.2, -0.15) is 0 Å². The Morgan fingerprint density at radius 3 is 2.29 bits per heavy atom. The van der Waals surface area contributed by atoms with E-state index in [0.29, 0.717) is 0 Å². The number of benzene rings is 1. The van der Waals surface area contributed by atoms with Gasteiger partial charge in [-0.3, -0.25) is 0 Å². The summed E-state index contributed by atoms with van der Waals surface area (Å²) in [7, 11) is 3.48. The summed E-state index contributed by atoms with van der Waals surface area (Å²) in [6.07, 6.45) is 2.26. The molecule has 3 nitrogen and oxygen atoms in total. The number of rotatable bonds is 4. The van der Waals surface area contributed by atoms with E-state index < -0.39 is 0 Å². The quantitative estimate of drug-likeness (QED) is 0.865. The standard InChI is InChI=1S/C14H21NO2/c1-16-11-14(7-9-15-10-8-14)12-3-5-13(17-2)6-4-12/h3-6,15H,7-11H2,1-2H3. The fraction of sp³-hybridized carbons (Fsp3) is 0.571. The highest BCUT2D eigenvalue weighted by molar-refractivity contribution is 5.33. The molecule has 1 heterocycles. The van der Waals surface area contributed by atoms with E-state index in [2.05, 4.69) is 17.4 Å². The molecule has 0 bridgehead atoms. The molecule has 1 aliphatic rings. The average Bonchev–Trinajstić information content (AvgIpc) is 2.40. The highest BCUT2D eigenvalue weighted by Crippen LogP contribution is 2.34. The van der Waals surface area contributed by atoms with Crippen LogP contribution in [0.3, 0.4) is 0 Å². The number of hydrogen-bond acceptors (Lipinski definition) is 3. The minimum Gasteiger partial charge on any atom is -0.497 e. The Kier molecular flexibility index (Phi) is 4.02. The summed E-state index contributed by atoms with van der Waals surface area (Å²) in [6, 6.07) is 8.41. The molecule has 1 aromatic carbocycles. The third-order valence-electron chi connectivity index (χ3n) is 3.68. The fourth-order valence-corrected chi connectivity index (χ4v) is 2.64. The maximum absolute atomic E-state index is 5.44. The van der Waals surface area contributed by atoms with Gasteiger partial charge < -0.3 is 14.8 Å². The first-order valence-electron chi connectivity index (χ1n) is 6.15. The lowest BCUT2D eigenvalue weighted by molar-refractivity contribution is 0.108. The van der Waals surface area contributed by atoms with Crippen molar-refractivity contribution in [3.63, 3.8) is 0 Å². The summed E-state index contributed by atoms with van der Waals surface area (Å²) in [5, 5.41) is 3.41. The van der Waals surface area contributed by atoms with Crippen LogP contribution in [0.15, 0.2) is 24.3 Å². The van der Waals surface area contributed by atoms with Gasteiger partial charge in [0, 0.05) is 12.5 Å². The second-order valence-electron chi connectivity index (χ2n) is 4.69. The first kappa shape index (κ1) is 12.4. The van der Waals surface area contributed by atoms with E-state index in [0.717, 1.165) is 38.3 Å². The van der Waals surface area contributed by atoms with Crippen LogP contribution >= 0.6 is 0 Å². The van der Waals surface area contributed by atoms with E-state index in [-0.39, 0.29) is 5.41 Å². The summed E-state index contributed by atoms with van der Waals surface area (Å²) in [5.74, 6) is 0.912. The summed E-state index contributed by atoms with van der Waals surface area (Å²) < 4.78 is 10.6. The topological polar surface area (TPSA) is 30.5 Å². The third kappa shape index (κ3) is 2.61. The van der Waals surface area contributed by atoms with Crippen molar-refractivity contribution in [2.24, 2.45) is 0 Å². The Morgan fingerprint density at radius 2 is 1.76 bits per heavy atom. The van der Waals surface area contributed by atoms with Gasteiger partial charge in [0.25, 0.3) is 0 Å². The lowest BCUT2D eigenvalue weighted by atomic mass is 9.74. The van der Waals surface area contributed by atoms with Crippen molar-refractivity contribution in [1.82, 2.24) is 5.32 Å². The maximum atomic E-state index is 5.44. The van der Waals surface area contributed by atoms with Gasteiger partial charge in [0.2, 0.25) is 0 Å². The highest BCUT2D eigenvalue weighted by atomic mass is 16.5. The number of hydrogen-bond donors (Lipinski definition) is 1. The maximum Gasteiger partial charge on any atom is 0.118 e. The SMILES string of the molecule is COCC1(c2ccc(OC)cc2)CCNCC1. The molecule has 94 valence electrons. The Hall–Kier alpha value is -1.06. The van der Waals surface area contributed by atoms with Crippen LogP contribution in [-0.2, 0) is 10.2 Å². The van der Waals surface area contributed by atoms with Crippen LogP contribution in [0.25, 0.3) is 0 Å². The molecular weight excluding hydrogens is 214 g/mol. The molecule has 0 spiro atoms. The summed E-state index contributed by atoms with van der Waals surface area (Å²) in [4.78, 5) is 0. The first-order valence-corrected chi connectivity index (χ1v) is 6.15. The zero-order chi connectivity index (χ0) is 12.1. The highest BCUT2D eigenvalue weighted by Gasteiger charge is 2.33. The molecule has 1 aromatic rings.